The van der Waals surface area contributed by atoms with Crippen molar-refractivity contribution >= 4 is 5.97 Å². The first-order valence-corrected chi connectivity index (χ1v) is 7.91. The molecular weight excluding hydrogens is 292 g/mol. The number of aromatic nitrogens is 3. The number of pyridine rings is 1. The third kappa shape index (κ3) is 2.43. The van der Waals surface area contributed by atoms with Gasteiger partial charge in [-0.3, -0.25) is 9.36 Å². The van der Waals surface area contributed by atoms with E-state index in [0.29, 0.717) is 18.2 Å². The summed E-state index contributed by atoms with van der Waals surface area (Å²) in [5, 5.41) is 9.87. The van der Waals surface area contributed by atoms with E-state index in [1.54, 1.807) is 23.3 Å². The molecule has 1 aliphatic carbocycles. The molecule has 3 rings (SSSR count). The van der Waals surface area contributed by atoms with E-state index in [1.165, 1.54) is 0 Å². The molecule has 0 aliphatic heterocycles. The number of hydrogen-bond acceptors (Lipinski definition) is 4. The average molecular weight is 314 g/mol. The van der Waals surface area contributed by atoms with Gasteiger partial charge in [0.15, 0.2) is 0 Å². The first-order valence-electron chi connectivity index (χ1n) is 7.91. The molecule has 3 N–H and O–H groups in total. The van der Waals surface area contributed by atoms with Crippen LogP contribution < -0.4 is 5.73 Å². The number of carboxylic acid groups (broad SMARTS) is 1. The van der Waals surface area contributed by atoms with Gasteiger partial charge in [-0.05, 0) is 42.9 Å². The standard InChI is InChI=1S/C17H22N4O2/c1-11(8-18)7-13-12(2)17(13,16(22)23)14-9-21(10-20-14)15-5-3-4-6-19-15/h3-6,9-13H,7-8,18H2,1-2H3,(H,22,23)/t11-,12+,13?,17?/m1/s1. The zero-order valence-corrected chi connectivity index (χ0v) is 13.4. The Morgan fingerprint density at radius 3 is 2.87 bits per heavy atom. The van der Waals surface area contributed by atoms with E-state index in [-0.39, 0.29) is 11.8 Å². The number of rotatable bonds is 6. The highest BCUT2D eigenvalue weighted by molar-refractivity contribution is 5.86. The summed E-state index contributed by atoms with van der Waals surface area (Å²) in [4.78, 5) is 20.7. The molecule has 0 saturated heterocycles. The molecule has 0 spiro atoms. The van der Waals surface area contributed by atoms with Crippen LogP contribution in [-0.4, -0.2) is 32.2 Å². The lowest BCUT2D eigenvalue weighted by Gasteiger charge is -2.12. The molecule has 2 aromatic rings. The fourth-order valence-corrected chi connectivity index (χ4v) is 3.62. The summed E-state index contributed by atoms with van der Waals surface area (Å²) in [5.41, 5.74) is 5.41. The molecule has 23 heavy (non-hydrogen) atoms. The van der Waals surface area contributed by atoms with E-state index < -0.39 is 11.4 Å². The zero-order valence-electron chi connectivity index (χ0n) is 13.4. The Hall–Kier alpha value is -2.21. The average Bonchev–Trinajstić information content (AvgIpc) is 2.92. The Morgan fingerprint density at radius 2 is 2.26 bits per heavy atom. The number of nitrogens with zero attached hydrogens (tertiary/aromatic N) is 3. The van der Waals surface area contributed by atoms with Crippen LogP contribution in [0.5, 0.6) is 0 Å². The van der Waals surface area contributed by atoms with Gasteiger partial charge in [-0.25, -0.2) is 9.97 Å². The molecular formula is C17H22N4O2. The van der Waals surface area contributed by atoms with E-state index in [9.17, 15) is 9.90 Å². The highest BCUT2D eigenvalue weighted by Crippen LogP contribution is 2.62. The molecule has 6 nitrogen and oxygen atoms in total. The third-order valence-corrected chi connectivity index (χ3v) is 5.13. The molecule has 0 aromatic carbocycles. The minimum Gasteiger partial charge on any atom is -0.481 e. The van der Waals surface area contributed by atoms with Crippen molar-refractivity contribution in [2.24, 2.45) is 23.5 Å². The van der Waals surface area contributed by atoms with Crippen LogP contribution in [0.4, 0.5) is 0 Å². The Balaban J connectivity index is 1.92. The van der Waals surface area contributed by atoms with Crippen LogP contribution in [0.25, 0.3) is 5.82 Å². The number of carboxylic acids is 1. The molecule has 2 aromatic heterocycles. The van der Waals surface area contributed by atoms with Gasteiger partial charge >= 0.3 is 5.97 Å². The van der Waals surface area contributed by atoms with Crippen LogP contribution in [0.1, 0.15) is 26.0 Å². The second-order valence-electron chi connectivity index (χ2n) is 6.50. The van der Waals surface area contributed by atoms with Crippen LogP contribution in [0.3, 0.4) is 0 Å². The summed E-state index contributed by atoms with van der Waals surface area (Å²) in [6.07, 6.45) is 5.94. The molecule has 2 heterocycles. The van der Waals surface area contributed by atoms with Crippen LogP contribution in [0, 0.1) is 17.8 Å². The Labute approximate surface area is 135 Å². The number of nitrogens with two attached hydrogens (primary N) is 1. The van der Waals surface area contributed by atoms with Gasteiger partial charge in [-0.15, -0.1) is 0 Å². The maximum Gasteiger partial charge on any atom is 0.316 e. The van der Waals surface area contributed by atoms with Crippen molar-refractivity contribution in [3.8, 4) is 5.82 Å². The fourth-order valence-electron chi connectivity index (χ4n) is 3.62. The van der Waals surface area contributed by atoms with Crippen molar-refractivity contribution < 1.29 is 9.90 Å². The number of imidazole rings is 1. The molecule has 1 saturated carbocycles. The second kappa shape index (κ2) is 5.77. The van der Waals surface area contributed by atoms with Crippen molar-refractivity contribution in [1.29, 1.82) is 0 Å². The molecule has 1 fully saturated rings. The summed E-state index contributed by atoms with van der Waals surface area (Å²) in [7, 11) is 0. The number of carbonyl (C=O) groups is 1. The molecule has 2 unspecified atom stereocenters. The smallest absolute Gasteiger partial charge is 0.316 e. The molecule has 4 atom stereocenters. The van der Waals surface area contributed by atoms with Gasteiger partial charge in [0.05, 0.1) is 5.69 Å². The normalized spacial score (nSPS) is 27.6. The van der Waals surface area contributed by atoms with Gasteiger partial charge in [-0.2, -0.15) is 0 Å². The molecule has 0 amide bonds. The van der Waals surface area contributed by atoms with E-state index in [0.717, 1.165) is 12.2 Å². The lowest BCUT2D eigenvalue weighted by molar-refractivity contribution is -0.141. The van der Waals surface area contributed by atoms with Gasteiger partial charge in [-0.1, -0.05) is 19.9 Å². The lowest BCUT2D eigenvalue weighted by Crippen LogP contribution is -2.25. The highest BCUT2D eigenvalue weighted by atomic mass is 16.4. The lowest BCUT2D eigenvalue weighted by atomic mass is 9.94. The number of aliphatic carboxylic acids is 1. The summed E-state index contributed by atoms with van der Waals surface area (Å²) < 4.78 is 1.77. The minimum atomic E-state index is -0.899. The van der Waals surface area contributed by atoms with Gasteiger partial charge in [0.25, 0.3) is 0 Å². The van der Waals surface area contributed by atoms with Crippen molar-refractivity contribution in [3.05, 3.63) is 42.6 Å². The minimum absolute atomic E-state index is 0.0566. The maximum absolute atomic E-state index is 12.0. The maximum atomic E-state index is 12.0. The van der Waals surface area contributed by atoms with Gasteiger partial charge in [0.1, 0.15) is 17.6 Å². The topological polar surface area (TPSA) is 94.0 Å². The molecule has 6 heteroatoms. The van der Waals surface area contributed by atoms with Gasteiger partial charge < -0.3 is 10.8 Å². The van der Waals surface area contributed by atoms with E-state index in [2.05, 4.69) is 16.9 Å². The van der Waals surface area contributed by atoms with Crippen LogP contribution in [0.2, 0.25) is 0 Å². The van der Waals surface area contributed by atoms with Crippen LogP contribution in [0.15, 0.2) is 36.9 Å². The molecule has 1 aliphatic rings. The first kappa shape index (κ1) is 15.7. The Morgan fingerprint density at radius 1 is 1.48 bits per heavy atom. The van der Waals surface area contributed by atoms with Crippen LogP contribution in [-0.2, 0) is 10.2 Å². The largest absolute Gasteiger partial charge is 0.481 e. The first-order chi connectivity index (χ1) is 11.0. The summed E-state index contributed by atoms with van der Waals surface area (Å²) in [6.45, 7) is 4.62. The highest BCUT2D eigenvalue weighted by Gasteiger charge is 2.69. The van der Waals surface area contributed by atoms with E-state index in [1.807, 2.05) is 25.1 Å². The number of hydrogen-bond donors (Lipinski definition) is 2. The summed E-state index contributed by atoms with van der Waals surface area (Å²) in [6, 6.07) is 5.59. The monoisotopic (exact) mass is 314 g/mol. The fraction of sp³-hybridized carbons (Fsp3) is 0.471. The summed E-state index contributed by atoms with van der Waals surface area (Å²) in [5.74, 6) is 0.366. The summed E-state index contributed by atoms with van der Waals surface area (Å²) >= 11 is 0. The predicted octanol–water partition coefficient (Wildman–Crippen LogP) is 1.84. The molecule has 122 valence electrons. The Kier molecular flexibility index (Phi) is 3.93. The quantitative estimate of drug-likeness (QED) is 0.848. The van der Waals surface area contributed by atoms with E-state index in [4.69, 9.17) is 5.73 Å². The molecule has 0 bridgehead atoms. The second-order valence-corrected chi connectivity index (χ2v) is 6.50. The van der Waals surface area contributed by atoms with Gasteiger partial charge in [0, 0.05) is 12.4 Å². The zero-order chi connectivity index (χ0) is 16.6. The Bertz CT molecular complexity index is 700. The predicted molar refractivity (Wildman–Crippen MR) is 86.2 cm³/mol. The van der Waals surface area contributed by atoms with Crippen molar-refractivity contribution in [2.45, 2.75) is 25.7 Å². The van der Waals surface area contributed by atoms with Gasteiger partial charge in [0.2, 0.25) is 0 Å². The van der Waals surface area contributed by atoms with Crippen molar-refractivity contribution in [1.82, 2.24) is 14.5 Å². The van der Waals surface area contributed by atoms with Crippen molar-refractivity contribution in [3.63, 3.8) is 0 Å². The SMILES string of the molecule is C[C@@H](CN)CC1[C@H](C)C1(C(=O)O)c1cn(-c2ccccn2)cn1. The van der Waals surface area contributed by atoms with E-state index >= 15 is 0 Å². The molecule has 0 radical (unpaired) electrons. The van der Waals surface area contributed by atoms with Crippen LogP contribution >= 0.6 is 0 Å². The van der Waals surface area contributed by atoms with Crippen molar-refractivity contribution in [2.75, 3.05) is 6.54 Å². The third-order valence-electron chi connectivity index (χ3n) is 5.13.